The van der Waals surface area contributed by atoms with Crippen molar-refractivity contribution in [3.8, 4) is 0 Å². The van der Waals surface area contributed by atoms with Crippen LogP contribution in [0.25, 0.3) is 0 Å². The Morgan fingerprint density at radius 1 is 0.951 bits per heavy atom. The fraction of sp³-hybridized carbons (Fsp3) is 0.556. The Hall–Kier alpha value is -2.74. The summed E-state index contributed by atoms with van der Waals surface area (Å²) in [4.78, 5) is 18.9. The number of nitrogens with zero attached hydrogens (tertiary/aromatic N) is 2. The molecule has 0 spiro atoms. The minimum atomic E-state index is -6.33. The van der Waals surface area contributed by atoms with Crippen LogP contribution in [0.3, 0.4) is 0 Å². The third-order valence-corrected chi connectivity index (χ3v) is 11.2. The second-order valence-corrected chi connectivity index (χ2v) is 13.1. The molecule has 2 aromatic rings. The van der Waals surface area contributed by atoms with Gasteiger partial charge in [-0.1, -0.05) is 43.5 Å². The maximum absolute atomic E-state index is 14.9. The molecular weight excluding hydrogens is 581 g/mol. The molecule has 14 heteroatoms. The van der Waals surface area contributed by atoms with Crippen LogP contribution in [-0.2, 0) is 31.5 Å². The number of rotatable bonds is 4. The second kappa shape index (κ2) is 9.65. The van der Waals surface area contributed by atoms with E-state index in [9.17, 15) is 49.1 Å². The SMILES string of the molecule is O=C(N1CCC2(S(=O)(=O)c3ccccn3)c3ccc(C(F)(C(F)(F)F)C(F)(F)F)cc3CCC12)C1(O)CCCCC1. The smallest absolute Gasteiger partial charge is 0.380 e. The number of halogens is 7. The van der Waals surface area contributed by atoms with Crippen LogP contribution in [0.5, 0.6) is 0 Å². The van der Waals surface area contributed by atoms with Crippen molar-refractivity contribution in [1.29, 1.82) is 0 Å². The number of aryl methyl sites for hydroxylation is 1. The monoisotopic (exact) mass is 608 g/mol. The fourth-order valence-corrected chi connectivity index (χ4v) is 9.07. The average Bonchev–Trinajstić information content (AvgIpc) is 3.33. The number of aliphatic hydroxyl groups is 1. The molecule has 0 bridgehead atoms. The van der Waals surface area contributed by atoms with Crippen molar-refractivity contribution in [3.63, 3.8) is 0 Å². The van der Waals surface area contributed by atoms with Crippen LogP contribution >= 0.6 is 0 Å². The summed E-state index contributed by atoms with van der Waals surface area (Å²) >= 11 is 0. The van der Waals surface area contributed by atoms with Gasteiger partial charge in [0.1, 0.15) is 10.3 Å². The molecule has 2 fully saturated rings. The zero-order valence-electron chi connectivity index (χ0n) is 21.6. The zero-order valence-corrected chi connectivity index (χ0v) is 22.4. The van der Waals surface area contributed by atoms with E-state index in [2.05, 4.69) is 4.98 Å². The van der Waals surface area contributed by atoms with E-state index in [0.29, 0.717) is 25.0 Å². The molecular formula is C27H27F7N2O4S. The molecule has 2 unspecified atom stereocenters. The summed E-state index contributed by atoms with van der Waals surface area (Å²) in [6, 6.07) is 4.54. The Bertz CT molecular complexity index is 1430. The van der Waals surface area contributed by atoms with Crippen molar-refractivity contribution >= 4 is 15.7 Å². The highest BCUT2D eigenvalue weighted by Gasteiger charge is 2.74. The summed E-state index contributed by atoms with van der Waals surface area (Å²) in [5.74, 6) is -0.655. The summed E-state index contributed by atoms with van der Waals surface area (Å²) in [5.41, 5.74) is -9.40. The van der Waals surface area contributed by atoms with Crippen LogP contribution in [0.1, 0.15) is 61.6 Å². The summed E-state index contributed by atoms with van der Waals surface area (Å²) in [6.45, 7) is -0.128. The van der Waals surface area contributed by atoms with Gasteiger partial charge in [-0.3, -0.25) is 4.79 Å². The minimum absolute atomic E-state index is 0.110. The van der Waals surface area contributed by atoms with Crippen molar-refractivity contribution in [1.82, 2.24) is 9.88 Å². The predicted octanol–water partition coefficient (Wildman–Crippen LogP) is 5.28. The quantitative estimate of drug-likeness (QED) is 0.478. The van der Waals surface area contributed by atoms with E-state index in [-0.39, 0.29) is 49.8 Å². The standard InChI is InChI=1S/C27H27F7N2O4S/c28-25(26(29,30)31,27(32,33)34)18-8-9-19-17(16-18)7-10-20-24(19,41(39,40)21-6-2-5-14-35-21)13-15-36(20)22(37)23(38)11-3-1-4-12-23/h2,5-6,8-9,14,16,20,38H,1,3-4,7,10-13,15H2. The minimum Gasteiger partial charge on any atom is -0.380 e. The number of pyridine rings is 1. The lowest BCUT2D eigenvalue weighted by Gasteiger charge is -2.44. The zero-order chi connectivity index (χ0) is 30.1. The van der Waals surface area contributed by atoms with Gasteiger partial charge in [-0.05, 0) is 55.4 Å². The van der Waals surface area contributed by atoms with Gasteiger partial charge < -0.3 is 10.0 Å². The molecule has 224 valence electrons. The van der Waals surface area contributed by atoms with Gasteiger partial charge in [-0.25, -0.2) is 17.8 Å². The number of benzene rings is 1. The van der Waals surface area contributed by atoms with E-state index in [4.69, 9.17) is 0 Å². The maximum atomic E-state index is 14.9. The van der Waals surface area contributed by atoms with E-state index in [1.54, 1.807) is 0 Å². The molecule has 2 atom stereocenters. The Kier molecular flexibility index (Phi) is 7.00. The Morgan fingerprint density at radius 3 is 2.20 bits per heavy atom. The van der Waals surface area contributed by atoms with E-state index in [0.717, 1.165) is 12.5 Å². The van der Waals surface area contributed by atoms with Gasteiger partial charge in [-0.2, -0.15) is 26.3 Å². The number of amides is 1. The van der Waals surface area contributed by atoms with E-state index in [1.165, 1.54) is 29.3 Å². The number of hydrogen-bond acceptors (Lipinski definition) is 5. The van der Waals surface area contributed by atoms with Crippen LogP contribution in [0.4, 0.5) is 30.7 Å². The third kappa shape index (κ3) is 4.26. The van der Waals surface area contributed by atoms with E-state index >= 15 is 0 Å². The van der Waals surface area contributed by atoms with Gasteiger partial charge in [0.2, 0.25) is 9.84 Å². The van der Waals surface area contributed by atoms with Gasteiger partial charge in [-0.15, -0.1) is 0 Å². The summed E-state index contributed by atoms with van der Waals surface area (Å²) in [5, 5.41) is 10.8. The van der Waals surface area contributed by atoms with Crippen LogP contribution in [0, 0.1) is 0 Å². The molecule has 1 aromatic carbocycles. The first-order chi connectivity index (χ1) is 19.0. The second-order valence-electron chi connectivity index (χ2n) is 11.0. The largest absolute Gasteiger partial charge is 0.435 e. The highest BCUT2D eigenvalue weighted by atomic mass is 32.2. The lowest BCUT2D eigenvalue weighted by atomic mass is 9.76. The van der Waals surface area contributed by atoms with Gasteiger partial charge >= 0.3 is 18.0 Å². The first kappa shape index (κ1) is 29.7. The van der Waals surface area contributed by atoms with Gasteiger partial charge in [0, 0.05) is 18.3 Å². The lowest BCUT2D eigenvalue weighted by molar-refractivity contribution is -0.348. The average molecular weight is 609 g/mol. The highest BCUT2D eigenvalue weighted by molar-refractivity contribution is 7.92. The molecule has 1 N–H and O–H groups in total. The molecule has 6 nitrogen and oxygen atoms in total. The van der Waals surface area contributed by atoms with Crippen molar-refractivity contribution in [2.24, 2.45) is 0 Å². The van der Waals surface area contributed by atoms with Gasteiger partial charge in [0.25, 0.3) is 5.91 Å². The lowest BCUT2D eigenvalue weighted by Crippen LogP contribution is -2.57. The van der Waals surface area contributed by atoms with Gasteiger partial charge in [0.05, 0.1) is 6.04 Å². The van der Waals surface area contributed by atoms with Crippen LogP contribution in [0.2, 0.25) is 0 Å². The number of likely N-dealkylation sites (tertiary alicyclic amines) is 1. The molecule has 1 amide bonds. The Balaban J connectivity index is 1.68. The molecule has 41 heavy (non-hydrogen) atoms. The first-order valence-electron chi connectivity index (χ1n) is 13.2. The van der Waals surface area contributed by atoms with E-state index < -0.39 is 60.7 Å². The fourth-order valence-electron chi connectivity index (χ4n) is 6.78. The third-order valence-electron chi connectivity index (χ3n) is 8.80. The molecule has 3 aliphatic rings. The number of carbonyl (C=O) groups is 1. The molecule has 1 aromatic heterocycles. The Morgan fingerprint density at radius 2 is 1.61 bits per heavy atom. The normalized spacial score (nSPS) is 25.0. The molecule has 1 saturated carbocycles. The van der Waals surface area contributed by atoms with Crippen molar-refractivity contribution < 1.29 is 49.1 Å². The molecule has 1 aliphatic heterocycles. The molecule has 5 rings (SSSR count). The van der Waals surface area contributed by atoms with Gasteiger partial charge in [0.15, 0.2) is 5.03 Å². The van der Waals surface area contributed by atoms with Crippen molar-refractivity contribution in [2.75, 3.05) is 6.54 Å². The number of hydrogen-bond donors (Lipinski definition) is 1. The molecule has 1 saturated heterocycles. The first-order valence-corrected chi connectivity index (χ1v) is 14.6. The number of alkyl halides is 7. The molecule has 2 aliphatic carbocycles. The van der Waals surface area contributed by atoms with Crippen LogP contribution in [0.15, 0.2) is 47.6 Å². The Labute approximate surface area is 231 Å². The molecule has 2 heterocycles. The molecule has 0 radical (unpaired) electrons. The maximum Gasteiger partial charge on any atom is 0.435 e. The number of aromatic nitrogens is 1. The van der Waals surface area contributed by atoms with Crippen LogP contribution in [-0.4, -0.2) is 59.9 Å². The number of sulfone groups is 1. The predicted molar refractivity (Wildman–Crippen MR) is 131 cm³/mol. The number of fused-ring (bicyclic) bond motifs is 3. The summed E-state index contributed by atoms with van der Waals surface area (Å²) in [7, 11) is -4.52. The van der Waals surface area contributed by atoms with Crippen LogP contribution < -0.4 is 0 Å². The summed E-state index contributed by atoms with van der Waals surface area (Å²) < 4.78 is 123. The van der Waals surface area contributed by atoms with Crippen molar-refractivity contribution in [2.45, 2.75) is 90.8 Å². The van der Waals surface area contributed by atoms with E-state index in [1.807, 2.05) is 0 Å². The van der Waals surface area contributed by atoms with Crippen molar-refractivity contribution in [3.05, 3.63) is 59.3 Å². The number of carbonyl (C=O) groups excluding carboxylic acids is 1. The highest BCUT2D eigenvalue weighted by Crippen LogP contribution is 2.57. The topological polar surface area (TPSA) is 87.6 Å². The summed E-state index contributed by atoms with van der Waals surface area (Å²) in [6.07, 6.45) is -9.70.